The van der Waals surface area contributed by atoms with Gasteiger partial charge in [0.2, 0.25) is 0 Å². The van der Waals surface area contributed by atoms with Crippen molar-refractivity contribution in [1.29, 1.82) is 0 Å². The predicted octanol–water partition coefficient (Wildman–Crippen LogP) is 3.91. The predicted molar refractivity (Wildman–Crippen MR) is 96.9 cm³/mol. The molecule has 0 saturated carbocycles. The minimum Gasteiger partial charge on any atom is -0.454 e. The van der Waals surface area contributed by atoms with E-state index in [4.69, 9.17) is 14.2 Å². The number of benzene rings is 2. The highest BCUT2D eigenvalue weighted by Gasteiger charge is 2.16. The largest absolute Gasteiger partial charge is 0.454 e. The van der Waals surface area contributed by atoms with Crippen LogP contribution in [-0.4, -0.2) is 25.3 Å². The van der Waals surface area contributed by atoms with Gasteiger partial charge in [-0.15, -0.1) is 0 Å². The van der Waals surface area contributed by atoms with Crippen LogP contribution in [0.15, 0.2) is 72.8 Å². The minimum absolute atomic E-state index is 0.267. The van der Waals surface area contributed by atoms with E-state index in [1.807, 2.05) is 60.7 Å². The third-order valence-corrected chi connectivity index (χ3v) is 3.45. The van der Waals surface area contributed by atoms with E-state index in [2.05, 4.69) is 6.58 Å². The minimum atomic E-state index is -0.475. The second kappa shape index (κ2) is 10.4. The van der Waals surface area contributed by atoms with Crippen molar-refractivity contribution in [2.45, 2.75) is 26.2 Å². The molecule has 0 N–H and O–H groups in total. The summed E-state index contributed by atoms with van der Waals surface area (Å²) < 4.78 is 16.8. The Morgan fingerprint density at radius 2 is 1.32 bits per heavy atom. The number of hydrogen-bond acceptors (Lipinski definition) is 4. The molecule has 0 bridgehead atoms. The van der Waals surface area contributed by atoms with Gasteiger partial charge in [0.15, 0.2) is 0 Å². The Morgan fingerprint density at radius 3 is 1.72 bits per heavy atom. The number of carbonyl (C=O) groups excluding carboxylic acids is 1. The van der Waals surface area contributed by atoms with E-state index in [0.29, 0.717) is 18.8 Å². The van der Waals surface area contributed by atoms with Gasteiger partial charge in [-0.1, -0.05) is 67.2 Å². The van der Waals surface area contributed by atoms with E-state index in [0.717, 1.165) is 11.1 Å². The Kier molecular flexibility index (Phi) is 7.89. The molecular weight excluding hydrogens is 316 g/mol. The molecule has 25 heavy (non-hydrogen) atoms. The van der Waals surface area contributed by atoms with E-state index in [1.165, 1.54) is 0 Å². The highest BCUT2D eigenvalue weighted by molar-refractivity contribution is 5.87. The standard InChI is InChI=1S/C21H24O4/c1-17(2)21(22)25-20(15-23-13-18-9-5-3-6-10-18)16-24-14-19-11-7-4-8-12-19/h3-12,20H,1,13-16H2,2H3. The van der Waals surface area contributed by atoms with Crippen LogP contribution in [0.5, 0.6) is 0 Å². The first kappa shape index (κ1) is 18.9. The molecule has 0 saturated heterocycles. The molecule has 0 heterocycles. The number of rotatable bonds is 10. The summed E-state index contributed by atoms with van der Waals surface area (Å²) in [6, 6.07) is 19.7. The lowest BCUT2D eigenvalue weighted by Gasteiger charge is -2.18. The van der Waals surface area contributed by atoms with E-state index < -0.39 is 12.1 Å². The quantitative estimate of drug-likeness (QED) is 0.486. The summed E-state index contributed by atoms with van der Waals surface area (Å²) in [7, 11) is 0. The molecule has 2 aromatic rings. The van der Waals surface area contributed by atoms with Crippen LogP contribution in [0.25, 0.3) is 0 Å². The summed E-state index contributed by atoms with van der Waals surface area (Å²) in [6.45, 7) is 6.68. The number of hydrogen-bond donors (Lipinski definition) is 0. The van der Waals surface area contributed by atoms with Crippen molar-refractivity contribution in [2.24, 2.45) is 0 Å². The molecule has 0 aliphatic carbocycles. The number of ether oxygens (including phenoxy) is 3. The van der Waals surface area contributed by atoms with Crippen molar-refractivity contribution in [3.63, 3.8) is 0 Å². The highest BCUT2D eigenvalue weighted by Crippen LogP contribution is 2.07. The summed E-state index contributed by atoms with van der Waals surface area (Å²) in [6.07, 6.45) is -0.475. The highest BCUT2D eigenvalue weighted by atomic mass is 16.6. The van der Waals surface area contributed by atoms with Crippen LogP contribution in [0, 0.1) is 0 Å². The SMILES string of the molecule is C=C(C)C(=O)OC(COCc1ccccc1)COCc1ccccc1. The maximum Gasteiger partial charge on any atom is 0.333 e. The van der Waals surface area contributed by atoms with Crippen molar-refractivity contribution in [1.82, 2.24) is 0 Å². The molecular formula is C21H24O4. The van der Waals surface area contributed by atoms with Crippen LogP contribution in [0.3, 0.4) is 0 Å². The molecule has 0 unspecified atom stereocenters. The van der Waals surface area contributed by atoms with Gasteiger partial charge in [-0.05, 0) is 18.1 Å². The Hall–Kier alpha value is -2.43. The average Bonchev–Trinajstić information content (AvgIpc) is 2.63. The molecule has 0 amide bonds. The summed E-state index contributed by atoms with van der Waals surface area (Å²) >= 11 is 0. The summed E-state index contributed by atoms with van der Waals surface area (Å²) in [5.41, 5.74) is 2.49. The third kappa shape index (κ3) is 7.33. The van der Waals surface area contributed by atoms with Crippen LogP contribution < -0.4 is 0 Å². The van der Waals surface area contributed by atoms with Crippen molar-refractivity contribution in [2.75, 3.05) is 13.2 Å². The maximum absolute atomic E-state index is 11.8. The molecule has 2 rings (SSSR count). The molecule has 0 aliphatic rings. The van der Waals surface area contributed by atoms with Gasteiger partial charge in [-0.25, -0.2) is 4.79 Å². The molecule has 0 aliphatic heterocycles. The van der Waals surface area contributed by atoms with Crippen LogP contribution >= 0.6 is 0 Å². The molecule has 0 fully saturated rings. The number of esters is 1. The van der Waals surface area contributed by atoms with Crippen molar-refractivity contribution >= 4 is 5.97 Å². The zero-order chi connectivity index (χ0) is 17.9. The lowest BCUT2D eigenvalue weighted by Crippen LogP contribution is -2.28. The van der Waals surface area contributed by atoms with Crippen LogP contribution in [0.1, 0.15) is 18.1 Å². The average molecular weight is 340 g/mol. The summed E-state index contributed by atoms with van der Waals surface area (Å²) in [5.74, 6) is -0.434. The smallest absolute Gasteiger partial charge is 0.333 e. The Bertz CT molecular complexity index is 607. The third-order valence-electron chi connectivity index (χ3n) is 3.45. The van der Waals surface area contributed by atoms with Gasteiger partial charge >= 0.3 is 5.97 Å². The number of carbonyl (C=O) groups is 1. The van der Waals surface area contributed by atoms with Crippen LogP contribution in [0.2, 0.25) is 0 Å². The van der Waals surface area contributed by atoms with Crippen molar-refractivity contribution in [3.8, 4) is 0 Å². The van der Waals surface area contributed by atoms with Gasteiger partial charge in [0.05, 0.1) is 26.4 Å². The zero-order valence-corrected chi connectivity index (χ0v) is 14.5. The maximum atomic E-state index is 11.8. The molecule has 0 radical (unpaired) electrons. The van der Waals surface area contributed by atoms with Gasteiger partial charge in [0.1, 0.15) is 6.10 Å². The molecule has 4 nitrogen and oxygen atoms in total. The first-order chi connectivity index (χ1) is 12.1. The zero-order valence-electron chi connectivity index (χ0n) is 14.5. The normalized spacial score (nSPS) is 10.6. The van der Waals surface area contributed by atoms with Gasteiger partial charge < -0.3 is 14.2 Å². The van der Waals surface area contributed by atoms with Crippen molar-refractivity contribution in [3.05, 3.63) is 83.9 Å². The van der Waals surface area contributed by atoms with E-state index in [1.54, 1.807) is 6.92 Å². The fourth-order valence-corrected chi connectivity index (χ4v) is 2.13. The van der Waals surface area contributed by atoms with E-state index >= 15 is 0 Å². The fourth-order valence-electron chi connectivity index (χ4n) is 2.13. The lowest BCUT2D eigenvalue weighted by molar-refractivity contribution is -0.152. The molecule has 132 valence electrons. The van der Waals surface area contributed by atoms with Crippen LogP contribution in [0.4, 0.5) is 0 Å². The Labute approximate surface area is 149 Å². The van der Waals surface area contributed by atoms with Crippen molar-refractivity contribution < 1.29 is 19.0 Å². The second-order valence-electron chi connectivity index (χ2n) is 5.81. The summed E-state index contributed by atoms with van der Waals surface area (Å²) in [5, 5.41) is 0. The lowest BCUT2D eigenvalue weighted by atomic mass is 10.2. The fraction of sp³-hybridized carbons (Fsp3) is 0.286. The monoisotopic (exact) mass is 340 g/mol. The first-order valence-corrected chi connectivity index (χ1v) is 8.25. The van der Waals surface area contributed by atoms with Crippen LogP contribution in [-0.2, 0) is 32.2 Å². The van der Waals surface area contributed by atoms with Gasteiger partial charge in [-0.2, -0.15) is 0 Å². The first-order valence-electron chi connectivity index (χ1n) is 8.25. The van der Waals surface area contributed by atoms with Gasteiger partial charge in [0, 0.05) is 5.57 Å². The molecule has 0 aromatic heterocycles. The summed E-state index contributed by atoms with van der Waals surface area (Å²) in [4.78, 5) is 11.8. The molecule has 0 atom stereocenters. The topological polar surface area (TPSA) is 44.8 Å². The second-order valence-corrected chi connectivity index (χ2v) is 5.81. The Morgan fingerprint density at radius 1 is 0.880 bits per heavy atom. The molecule has 4 heteroatoms. The van der Waals surface area contributed by atoms with E-state index in [9.17, 15) is 4.79 Å². The van der Waals surface area contributed by atoms with Gasteiger partial charge in [-0.3, -0.25) is 0 Å². The Balaban J connectivity index is 1.81. The molecule has 2 aromatic carbocycles. The molecule has 0 spiro atoms. The van der Waals surface area contributed by atoms with E-state index in [-0.39, 0.29) is 13.2 Å². The van der Waals surface area contributed by atoms with Gasteiger partial charge in [0.25, 0.3) is 0 Å².